The maximum Gasteiger partial charge on any atom is 0.163 e. The fourth-order valence-corrected chi connectivity index (χ4v) is 0.585. The van der Waals surface area contributed by atoms with Crippen molar-refractivity contribution in [3.63, 3.8) is 0 Å². The highest BCUT2D eigenvalue weighted by molar-refractivity contribution is 5.43. The van der Waals surface area contributed by atoms with Gasteiger partial charge in [0.1, 0.15) is 6.07 Å². The number of hydrogen-bond donors (Lipinski definition) is 1. The highest BCUT2D eigenvalue weighted by Crippen LogP contribution is 2.03. The van der Waals surface area contributed by atoms with Crippen LogP contribution < -0.4 is 5.73 Å². The van der Waals surface area contributed by atoms with E-state index in [1.807, 2.05) is 6.07 Å². The van der Waals surface area contributed by atoms with Crippen LogP contribution in [0.1, 0.15) is 5.69 Å². The first kappa shape index (κ1) is 5.63. The van der Waals surface area contributed by atoms with Crippen molar-refractivity contribution < 1.29 is 0 Å². The number of nitrogen functional groups attached to an aromatic ring is 1. The molecule has 46 valence electrons. The number of hydrogen-bond acceptors (Lipinski definition) is 3. The summed E-state index contributed by atoms with van der Waals surface area (Å²) in [6, 6.07) is 1.92. The summed E-state index contributed by atoms with van der Waals surface area (Å²) >= 11 is 0. The van der Waals surface area contributed by atoms with Crippen molar-refractivity contribution in [2.45, 2.75) is 0 Å². The lowest BCUT2D eigenvalue weighted by molar-refractivity contribution is 0.897. The minimum Gasteiger partial charge on any atom is -0.381 e. The Morgan fingerprint density at radius 1 is 1.89 bits per heavy atom. The van der Waals surface area contributed by atoms with Gasteiger partial charge in [-0.15, -0.1) is 0 Å². The second-order valence-corrected chi connectivity index (χ2v) is 1.70. The quantitative estimate of drug-likeness (QED) is 0.521. The predicted octanol–water partition coefficient (Wildman–Crippen LogP) is -0.126. The van der Waals surface area contributed by atoms with Gasteiger partial charge in [0.2, 0.25) is 0 Å². The van der Waals surface area contributed by atoms with Crippen LogP contribution in [0.4, 0.5) is 5.82 Å². The molecule has 0 bridgehead atoms. The first-order valence-electron chi connectivity index (χ1n) is 2.42. The molecule has 1 aromatic heterocycles. The molecule has 0 aromatic carbocycles. The number of nitriles is 1. The number of anilines is 1. The Morgan fingerprint density at radius 3 is 2.78 bits per heavy atom. The molecule has 1 rings (SSSR count). The number of nitrogens with two attached hydrogens (primary N) is 1. The van der Waals surface area contributed by atoms with Crippen LogP contribution in [-0.4, -0.2) is 9.55 Å². The van der Waals surface area contributed by atoms with Crippen LogP contribution in [-0.2, 0) is 7.05 Å². The lowest BCUT2D eigenvalue weighted by Crippen LogP contribution is -1.92. The lowest BCUT2D eigenvalue weighted by atomic mass is 10.5. The summed E-state index contributed by atoms with van der Waals surface area (Å²) in [6.45, 7) is 0. The fourth-order valence-electron chi connectivity index (χ4n) is 0.585. The molecule has 0 saturated carbocycles. The topological polar surface area (TPSA) is 67.6 Å². The number of rotatable bonds is 0. The molecule has 1 heterocycles. The molecular formula is C5H6N4. The maximum absolute atomic E-state index is 8.40. The zero-order chi connectivity index (χ0) is 6.85. The summed E-state index contributed by atoms with van der Waals surface area (Å²) in [5.41, 5.74) is 5.71. The number of imidazole rings is 1. The van der Waals surface area contributed by atoms with Crippen LogP contribution >= 0.6 is 0 Å². The molecule has 0 aliphatic rings. The molecule has 0 atom stereocenters. The summed E-state index contributed by atoms with van der Waals surface area (Å²) in [7, 11) is 1.72. The van der Waals surface area contributed by atoms with Crippen molar-refractivity contribution in [3.8, 4) is 6.07 Å². The molecule has 0 aliphatic heterocycles. The van der Waals surface area contributed by atoms with E-state index in [4.69, 9.17) is 11.0 Å². The Labute approximate surface area is 52.5 Å². The van der Waals surface area contributed by atoms with Crippen LogP contribution in [0.15, 0.2) is 6.33 Å². The van der Waals surface area contributed by atoms with Gasteiger partial charge in [-0.05, 0) is 0 Å². The van der Waals surface area contributed by atoms with E-state index in [0.717, 1.165) is 0 Å². The smallest absolute Gasteiger partial charge is 0.163 e. The molecule has 0 spiro atoms. The number of aryl methyl sites for hydroxylation is 1. The third-order valence-electron chi connectivity index (χ3n) is 1.07. The van der Waals surface area contributed by atoms with E-state index in [1.165, 1.54) is 6.33 Å². The van der Waals surface area contributed by atoms with Gasteiger partial charge in [-0.1, -0.05) is 0 Å². The summed E-state index contributed by atoms with van der Waals surface area (Å²) in [5.74, 6) is 0.292. The average Bonchev–Trinajstić information content (AvgIpc) is 2.12. The Bertz CT molecular complexity index is 235. The van der Waals surface area contributed by atoms with Crippen molar-refractivity contribution in [2.24, 2.45) is 7.05 Å². The van der Waals surface area contributed by atoms with Crippen molar-refractivity contribution in [2.75, 3.05) is 5.73 Å². The zero-order valence-corrected chi connectivity index (χ0v) is 5.00. The van der Waals surface area contributed by atoms with Crippen molar-refractivity contribution in [3.05, 3.63) is 12.0 Å². The number of nitrogens with zero attached hydrogens (tertiary/aromatic N) is 3. The first-order valence-corrected chi connectivity index (χ1v) is 2.42. The van der Waals surface area contributed by atoms with Gasteiger partial charge in [-0.25, -0.2) is 4.98 Å². The van der Waals surface area contributed by atoms with Crippen LogP contribution in [0.5, 0.6) is 0 Å². The van der Waals surface area contributed by atoms with Gasteiger partial charge in [0, 0.05) is 7.05 Å². The molecule has 0 saturated heterocycles. The molecule has 0 amide bonds. The SMILES string of the molecule is Cn1cnc(N)c1C#N. The molecule has 0 fully saturated rings. The highest BCUT2D eigenvalue weighted by Gasteiger charge is 2.00. The van der Waals surface area contributed by atoms with Crippen molar-refractivity contribution in [1.82, 2.24) is 9.55 Å². The van der Waals surface area contributed by atoms with Gasteiger partial charge in [0.25, 0.3) is 0 Å². The predicted molar refractivity (Wildman–Crippen MR) is 32.3 cm³/mol. The van der Waals surface area contributed by atoms with Gasteiger partial charge >= 0.3 is 0 Å². The largest absolute Gasteiger partial charge is 0.381 e. The van der Waals surface area contributed by atoms with Crippen LogP contribution in [0.2, 0.25) is 0 Å². The van der Waals surface area contributed by atoms with E-state index in [2.05, 4.69) is 4.98 Å². The van der Waals surface area contributed by atoms with Gasteiger partial charge < -0.3 is 10.3 Å². The summed E-state index contributed by atoms with van der Waals surface area (Å²) in [5, 5.41) is 8.40. The van der Waals surface area contributed by atoms with E-state index in [0.29, 0.717) is 11.5 Å². The molecule has 0 radical (unpaired) electrons. The van der Waals surface area contributed by atoms with E-state index in [9.17, 15) is 0 Å². The zero-order valence-electron chi connectivity index (χ0n) is 5.00. The van der Waals surface area contributed by atoms with Crippen molar-refractivity contribution >= 4 is 5.82 Å². The molecule has 0 aliphatic carbocycles. The molecule has 0 unspecified atom stereocenters. The standard InChI is InChI=1S/C5H6N4/c1-9-3-8-5(7)4(9)2-6/h3H,7H2,1H3. The van der Waals surface area contributed by atoms with Gasteiger partial charge in [0.05, 0.1) is 6.33 Å². The van der Waals surface area contributed by atoms with Crippen LogP contribution in [0, 0.1) is 11.3 Å². The summed E-state index contributed by atoms with van der Waals surface area (Å²) in [4.78, 5) is 3.71. The second kappa shape index (κ2) is 1.78. The first-order chi connectivity index (χ1) is 4.25. The average molecular weight is 122 g/mol. The monoisotopic (exact) mass is 122 g/mol. The molecule has 2 N–H and O–H groups in total. The Balaban J connectivity index is 3.27. The lowest BCUT2D eigenvalue weighted by Gasteiger charge is -1.87. The van der Waals surface area contributed by atoms with E-state index in [-0.39, 0.29) is 0 Å². The Morgan fingerprint density at radius 2 is 2.56 bits per heavy atom. The minimum atomic E-state index is 0.292. The Hall–Kier alpha value is -1.50. The third kappa shape index (κ3) is 0.722. The van der Waals surface area contributed by atoms with E-state index >= 15 is 0 Å². The Kier molecular flexibility index (Phi) is 1.12. The van der Waals surface area contributed by atoms with Gasteiger partial charge in [-0.2, -0.15) is 5.26 Å². The van der Waals surface area contributed by atoms with Crippen LogP contribution in [0.3, 0.4) is 0 Å². The molecule has 9 heavy (non-hydrogen) atoms. The molecule has 4 nitrogen and oxygen atoms in total. The summed E-state index contributed by atoms with van der Waals surface area (Å²) < 4.78 is 1.58. The third-order valence-corrected chi connectivity index (χ3v) is 1.07. The maximum atomic E-state index is 8.40. The summed E-state index contributed by atoms with van der Waals surface area (Å²) in [6.07, 6.45) is 1.51. The van der Waals surface area contributed by atoms with E-state index in [1.54, 1.807) is 11.6 Å². The van der Waals surface area contributed by atoms with Crippen molar-refractivity contribution in [1.29, 1.82) is 5.26 Å². The molecule has 1 aromatic rings. The second-order valence-electron chi connectivity index (χ2n) is 1.70. The van der Waals surface area contributed by atoms with Gasteiger partial charge in [0.15, 0.2) is 11.5 Å². The normalized spacial score (nSPS) is 8.89. The van der Waals surface area contributed by atoms with Crippen LogP contribution in [0.25, 0.3) is 0 Å². The molecular weight excluding hydrogens is 116 g/mol. The van der Waals surface area contributed by atoms with E-state index < -0.39 is 0 Å². The number of aromatic nitrogens is 2. The fraction of sp³-hybridized carbons (Fsp3) is 0.200. The minimum absolute atomic E-state index is 0.292. The van der Waals surface area contributed by atoms with Gasteiger partial charge in [-0.3, -0.25) is 0 Å². The molecule has 4 heteroatoms. The highest BCUT2D eigenvalue weighted by atomic mass is 15.1.